The monoisotopic (exact) mass is 402 g/mol. The molecular formula is C21H28N3O3S+. The first-order valence-corrected chi connectivity index (χ1v) is 10.9. The largest absolute Gasteiger partial charge is 0.490 e. The third-order valence-corrected chi connectivity index (χ3v) is 6.57. The van der Waals surface area contributed by atoms with Gasteiger partial charge in [-0.3, -0.25) is 4.79 Å². The number of nitrogens with one attached hydrogen (secondary N) is 3. The summed E-state index contributed by atoms with van der Waals surface area (Å²) in [5, 5.41) is 7.65. The Morgan fingerprint density at radius 2 is 1.93 bits per heavy atom. The molecule has 1 amide bonds. The number of carbonyl (C=O) groups is 1. The van der Waals surface area contributed by atoms with E-state index in [1.54, 1.807) is 16.2 Å². The van der Waals surface area contributed by atoms with E-state index in [1.807, 2.05) is 32.0 Å². The highest BCUT2D eigenvalue weighted by molar-refractivity contribution is 7.16. The summed E-state index contributed by atoms with van der Waals surface area (Å²) < 4.78 is 11.4. The van der Waals surface area contributed by atoms with Gasteiger partial charge in [-0.25, -0.2) is 0 Å². The predicted octanol–water partition coefficient (Wildman–Crippen LogP) is 2.36. The normalized spacial score (nSPS) is 20.6. The number of hydrogen-bond acceptors (Lipinski definition) is 5. The maximum atomic E-state index is 12.9. The number of amides is 1. The number of anilines is 1. The summed E-state index contributed by atoms with van der Waals surface area (Å²) >= 11 is 1.74. The number of benzene rings is 1. The number of carbonyl (C=O) groups excluding carboxylic acids is 1. The maximum absolute atomic E-state index is 12.9. The van der Waals surface area contributed by atoms with E-state index in [1.165, 1.54) is 10.4 Å². The number of ether oxygens (including phenoxy) is 2. The zero-order valence-electron chi connectivity index (χ0n) is 16.7. The van der Waals surface area contributed by atoms with Gasteiger partial charge in [0.25, 0.3) is 5.91 Å². The molecule has 1 unspecified atom stereocenters. The Labute approximate surface area is 169 Å². The summed E-state index contributed by atoms with van der Waals surface area (Å²) in [5.74, 6) is 1.45. The molecule has 2 aliphatic heterocycles. The van der Waals surface area contributed by atoms with Crippen molar-refractivity contribution in [3.63, 3.8) is 0 Å². The van der Waals surface area contributed by atoms with Gasteiger partial charge in [-0.2, -0.15) is 0 Å². The molecule has 1 aromatic carbocycles. The van der Waals surface area contributed by atoms with E-state index in [0.717, 1.165) is 47.9 Å². The van der Waals surface area contributed by atoms with Crippen molar-refractivity contribution in [2.24, 2.45) is 0 Å². The lowest BCUT2D eigenvalue weighted by molar-refractivity contribution is -0.913. The van der Waals surface area contributed by atoms with E-state index in [9.17, 15) is 4.79 Å². The Hall–Kier alpha value is -2.25. The van der Waals surface area contributed by atoms with Crippen molar-refractivity contribution in [3.05, 3.63) is 39.8 Å². The summed E-state index contributed by atoms with van der Waals surface area (Å²) in [4.78, 5) is 15.9. The van der Waals surface area contributed by atoms with Crippen LogP contribution in [-0.2, 0) is 13.0 Å². The van der Waals surface area contributed by atoms with Gasteiger partial charge >= 0.3 is 0 Å². The summed E-state index contributed by atoms with van der Waals surface area (Å²) in [6.07, 6.45) is 0.700. The SMILES string of the molecule is CCOc1ccc([C@H]2NC(=O)c3c(sc4c3CC[NH+](CC)C4)N2)cc1OCC. The van der Waals surface area contributed by atoms with Crippen molar-refractivity contribution in [2.75, 3.05) is 31.6 Å². The lowest BCUT2D eigenvalue weighted by atomic mass is 10.0. The van der Waals surface area contributed by atoms with Gasteiger partial charge in [0.1, 0.15) is 17.7 Å². The second-order valence-corrected chi connectivity index (χ2v) is 8.22. The molecular weight excluding hydrogens is 374 g/mol. The van der Waals surface area contributed by atoms with Gasteiger partial charge in [0.15, 0.2) is 11.5 Å². The molecule has 6 nitrogen and oxygen atoms in total. The van der Waals surface area contributed by atoms with Crippen LogP contribution in [0.25, 0.3) is 0 Å². The van der Waals surface area contributed by atoms with Gasteiger partial charge < -0.3 is 25.0 Å². The smallest absolute Gasteiger partial charge is 0.256 e. The van der Waals surface area contributed by atoms with Crippen LogP contribution in [0.3, 0.4) is 0 Å². The number of rotatable bonds is 6. The fourth-order valence-electron chi connectivity index (χ4n) is 3.96. The molecule has 0 saturated carbocycles. The van der Waals surface area contributed by atoms with Crippen LogP contribution in [0.15, 0.2) is 18.2 Å². The predicted molar refractivity (Wildman–Crippen MR) is 111 cm³/mol. The van der Waals surface area contributed by atoms with Crippen LogP contribution in [0.2, 0.25) is 0 Å². The molecule has 3 heterocycles. The Morgan fingerprint density at radius 3 is 2.68 bits per heavy atom. The minimum absolute atomic E-state index is 0.0167. The highest BCUT2D eigenvalue weighted by Crippen LogP contribution is 2.40. The molecule has 2 aromatic rings. The quantitative estimate of drug-likeness (QED) is 0.694. The summed E-state index contributed by atoms with van der Waals surface area (Å²) in [5.41, 5.74) is 3.04. The summed E-state index contributed by atoms with van der Waals surface area (Å²) in [6.45, 7) is 10.5. The Morgan fingerprint density at radius 1 is 1.14 bits per heavy atom. The van der Waals surface area contributed by atoms with Gasteiger partial charge in [-0.05, 0) is 44.0 Å². The van der Waals surface area contributed by atoms with Crippen LogP contribution < -0.4 is 25.0 Å². The lowest BCUT2D eigenvalue weighted by Gasteiger charge is -2.27. The fraction of sp³-hybridized carbons (Fsp3) is 0.476. The minimum atomic E-state index is -0.274. The molecule has 150 valence electrons. The molecule has 0 aliphatic carbocycles. The number of likely N-dealkylation sites (N-methyl/N-ethyl adjacent to an activating group) is 1. The van der Waals surface area contributed by atoms with Gasteiger partial charge in [0.2, 0.25) is 0 Å². The first-order valence-electron chi connectivity index (χ1n) is 10.1. The number of thiophene rings is 1. The molecule has 0 fully saturated rings. The standard InChI is InChI=1S/C21H27N3O3S/c1-4-24-10-9-14-17(12-24)28-21-18(14)20(25)22-19(23-21)13-7-8-15(26-5-2)16(11-13)27-6-3/h7-8,11,19,23H,4-6,9-10,12H2,1-3H3,(H,22,25)/p+1/t19-/m0/s1. The van der Waals surface area contributed by atoms with Gasteiger partial charge in [-0.15, -0.1) is 11.3 Å². The Kier molecular flexibility index (Phi) is 5.46. The van der Waals surface area contributed by atoms with Crippen molar-refractivity contribution in [2.45, 2.75) is 39.9 Å². The molecule has 0 saturated heterocycles. The van der Waals surface area contributed by atoms with Crippen LogP contribution in [-0.4, -0.2) is 32.2 Å². The Balaban J connectivity index is 1.62. The molecule has 28 heavy (non-hydrogen) atoms. The van der Waals surface area contributed by atoms with Crippen LogP contribution in [0.4, 0.5) is 5.00 Å². The highest BCUT2D eigenvalue weighted by Gasteiger charge is 2.34. The first kappa shape index (κ1) is 19.1. The summed E-state index contributed by atoms with van der Waals surface area (Å²) in [7, 11) is 0. The molecule has 7 heteroatoms. The molecule has 2 atom stereocenters. The molecule has 0 bridgehead atoms. The van der Waals surface area contributed by atoms with Crippen LogP contribution in [0.5, 0.6) is 11.5 Å². The number of quaternary nitrogens is 1. The highest BCUT2D eigenvalue weighted by atomic mass is 32.1. The van der Waals surface area contributed by atoms with E-state index in [-0.39, 0.29) is 12.1 Å². The van der Waals surface area contributed by atoms with Crippen LogP contribution in [0.1, 0.15) is 53.3 Å². The maximum Gasteiger partial charge on any atom is 0.256 e. The van der Waals surface area contributed by atoms with Gasteiger partial charge in [0.05, 0.1) is 36.7 Å². The van der Waals surface area contributed by atoms with Crippen molar-refractivity contribution in [1.82, 2.24) is 5.32 Å². The molecule has 0 radical (unpaired) electrons. The third kappa shape index (κ3) is 3.44. The minimum Gasteiger partial charge on any atom is -0.490 e. The lowest BCUT2D eigenvalue weighted by Crippen LogP contribution is -3.11. The first-order chi connectivity index (χ1) is 13.6. The summed E-state index contributed by atoms with van der Waals surface area (Å²) in [6, 6.07) is 5.84. The van der Waals surface area contributed by atoms with E-state index in [4.69, 9.17) is 9.47 Å². The fourth-order valence-corrected chi connectivity index (χ4v) is 5.31. The zero-order valence-corrected chi connectivity index (χ0v) is 17.5. The molecule has 1 aromatic heterocycles. The molecule has 2 aliphatic rings. The molecule has 3 N–H and O–H groups in total. The Bertz CT molecular complexity index is 880. The average Bonchev–Trinajstić information content (AvgIpc) is 3.07. The van der Waals surface area contributed by atoms with E-state index in [2.05, 4.69) is 17.6 Å². The molecule has 4 rings (SSSR count). The third-order valence-electron chi connectivity index (χ3n) is 5.41. The van der Waals surface area contributed by atoms with Crippen molar-refractivity contribution < 1.29 is 19.2 Å². The second-order valence-electron chi connectivity index (χ2n) is 7.11. The average molecular weight is 403 g/mol. The zero-order chi connectivity index (χ0) is 19.7. The second kappa shape index (κ2) is 8.01. The molecule has 0 spiro atoms. The van der Waals surface area contributed by atoms with Crippen molar-refractivity contribution in [1.29, 1.82) is 0 Å². The topological polar surface area (TPSA) is 64.0 Å². The van der Waals surface area contributed by atoms with E-state index in [0.29, 0.717) is 19.0 Å². The number of fused-ring (bicyclic) bond motifs is 3. The van der Waals surface area contributed by atoms with Gasteiger partial charge in [0, 0.05) is 6.42 Å². The van der Waals surface area contributed by atoms with Gasteiger partial charge in [-0.1, -0.05) is 6.07 Å². The van der Waals surface area contributed by atoms with Crippen molar-refractivity contribution in [3.8, 4) is 11.5 Å². The van der Waals surface area contributed by atoms with Crippen molar-refractivity contribution >= 4 is 22.2 Å². The number of hydrogen-bond donors (Lipinski definition) is 3. The van der Waals surface area contributed by atoms with E-state index < -0.39 is 0 Å². The van der Waals surface area contributed by atoms with Crippen LogP contribution >= 0.6 is 11.3 Å². The van der Waals surface area contributed by atoms with E-state index >= 15 is 0 Å². The van der Waals surface area contributed by atoms with Crippen LogP contribution in [0, 0.1) is 0 Å².